The average Bonchev–Trinajstić information content (AvgIpc) is 2.47. The molecule has 1 aliphatic rings. The molecule has 0 fully saturated rings. The third kappa shape index (κ3) is 4.27. The number of rotatable bonds is 6. The van der Waals surface area contributed by atoms with Gasteiger partial charge in [-0.1, -0.05) is 0 Å². The number of methoxy groups -OCH3 is 1. The van der Waals surface area contributed by atoms with E-state index in [1.165, 1.54) is 0 Å². The molecule has 0 saturated heterocycles. The van der Waals surface area contributed by atoms with Crippen molar-refractivity contribution < 1.29 is 14.3 Å². The highest BCUT2D eigenvalue weighted by Crippen LogP contribution is 2.25. The number of anilines is 2. The number of fused-ring (bicyclic) bond motifs is 1. The first-order valence-electron chi connectivity index (χ1n) is 7.08. The van der Waals surface area contributed by atoms with Gasteiger partial charge in [0.05, 0.1) is 6.04 Å². The summed E-state index contributed by atoms with van der Waals surface area (Å²) in [6.45, 7) is 0.597. The molecule has 6 heteroatoms. The number of hydrogen-bond donors (Lipinski definition) is 3. The van der Waals surface area contributed by atoms with Gasteiger partial charge in [0, 0.05) is 31.5 Å². The zero-order chi connectivity index (χ0) is 15.2. The average molecular weight is 291 g/mol. The van der Waals surface area contributed by atoms with Crippen LogP contribution in [0.2, 0.25) is 0 Å². The van der Waals surface area contributed by atoms with Crippen LogP contribution in [0.25, 0.3) is 0 Å². The summed E-state index contributed by atoms with van der Waals surface area (Å²) in [6, 6.07) is 4.91. The first kappa shape index (κ1) is 15.5. The van der Waals surface area contributed by atoms with Crippen LogP contribution < -0.4 is 16.4 Å². The van der Waals surface area contributed by atoms with Gasteiger partial charge < -0.3 is 21.1 Å². The maximum Gasteiger partial charge on any atom is 0.241 e. The lowest BCUT2D eigenvalue weighted by Crippen LogP contribution is -2.35. The van der Waals surface area contributed by atoms with Gasteiger partial charge in [0.25, 0.3) is 0 Å². The van der Waals surface area contributed by atoms with Crippen LogP contribution in [-0.2, 0) is 20.7 Å². The number of hydrogen-bond acceptors (Lipinski definition) is 4. The standard InChI is InChI=1S/C15H21N3O3/c1-21-8-2-3-12(16)15(20)17-11-5-6-13-10(9-11)4-7-14(19)18-13/h5-6,9,12H,2-4,7-8,16H2,1H3,(H,17,20)(H,18,19). The van der Waals surface area contributed by atoms with E-state index < -0.39 is 6.04 Å². The first-order valence-corrected chi connectivity index (χ1v) is 7.08. The summed E-state index contributed by atoms with van der Waals surface area (Å²) in [7, 11) is 1.62. The number of benzene rings is 1. The second kappa shape index (κ2) is 7.19. The molecule has 21 heavy (non-hydrogen) atoms. The van der Waals surface area contributed by atoms with Crippen molar-refractivity contribution in [3.05, 3.63) is 23.8 Å². The Bertz CT molecular complexity index is 531. The zero-order valence-electron chi connectivity index (χ0n) is 12.1. The van der Waals surface area contributed by atoms with Crippen molar-refractivity contribution in [2.75, 3.05) is 24.4 Å². The van der Waals surface area contributed by atoms with Crippen molar-refractivity contribution in [3.8, 4) is 0 Å². The van der Waals surface area contributed by atoms with Gasteiger partial charge >= 0.3 is 0 Å². The van der Waals surface area contributed by atoms with Gasteiger partial charge in [-0.25, -0.2) is 0 Å². The highest BCUT2D eigenvalue weighted by Gasteiger charge is 2.17. The fourth-order valence-corrected chi connectivity index (χ4v) is 2.27. The highest BCUT2D eigenvalue weighted by atomic mass is 16.5. The van der Waals surface area contributed by atoms with Crippen molar-refractivity contribution >= 4 is 23.2 Å². The lowest BCUT2D eigenvalue weighted by Gasteiger charge is -2.18. The predicted octanol–water partition coefficient (Wildman–Crippen LogP) is 1.26. The van der Waals surface area contributed by atoms with Gasteiger partial charge in [-0.05, 0) is 43.0 Å². The Kier molecular flexibility index (Phi) is 5.30. The molecule has 114 valence electrons. The van der Waals surface area contributed by atoms with Gasteiger partial charge in [-0.15, -0.1) is 0 Å². The Labute approximate surface area is 124 Å². The molecule has 1 aromatic rings. The van der Waals surface area contributed by atoms with Crippen molar-refractivity contribution in [3.63, 3.8) is 0 Å². The minimum atomic E-state index is -0.545. The number of carbonyl (C=O) groups excluding carboxylic acids is 2. The van der Waals surface area contributed by atoms with E-state index in [1.54, 1.807) is 19.2 Å². The smallest absolute Gasteiger partial charge is 0.241 e. The number of aryl methyl sites for hydroxylation is 1. The Morgan fingerprint density at radius 2 is 2.29 bits per heavy atom. The Morgan fingerprint density at radius 1 is 1.48 bits per heavy atom. The van der Waals surface area contributed by atoms with Crippen LogP contribution in [0.5, 0.6) is 0 Å². The molecule has 0 spiro atoms. The Balaban J connectivity index is 1.93. The molecule has 0 saturated carbocycles. The van der Waals surface area contributed by atoms with Crippen molar-refractivity contribution in [1.82, 2.24) is 0 Å². The third-order valence-electron chi connectivity index (χ3n) is 3.47. The van der Waals surface area contributed by atoms with Crippen LogP contribution in [0.1, 0.15) is 24.8 Å². The number of nitrogens with two attached hydrogens (primary N) is 1. The molecule has 0 bridgehead atoms. The number of ether oxygens (including phenoxy) is 1. The minimum Gasteiger partial charge on any atom is -0.385 e. The maximum absolute atomic E-state index is 12.0. The molecule has 0 aliphatic carbocycles. The Morgan fingerprint density at radius 3 is 3.05 bits per heavy atom. The van der Waals surface area contributed by atoms with Gasteiger partial charge in [0.2, 0.25) is 11.8 Å². The summed E-state index contributed by atoms with van der Waals surface area (Å²) in [6.07, 6.45) is 2.49. The second-order valence-corrected chi connectivity index (χ2v) is 5.15. The lowest BCUT2D eigenvalue weighted by molar-refractivity contribution is -0.118. The summed E-state index contributed by atoms with van der Waals surface area (Å²) in [5.41, 5.74) is 8.38. The van der Waals surface area contributed by atoms with E-state index in [4.69, 9.17) is 10.5 Å². The lowest BCUT2D eigenvalue weighted by atomic mass is 10.0. The molecule has 1 heterocycles. The normalized spacial score (nSPS) is 15.0. The van der Waals surface area contributed by atoms with Crippen LogP contribution in [0.3, 0.4) is 0 Å². The molecular formula is C15H21N3O3. The van der Waals surface area contributed by atoms with E-state index in [2.05, 4.69) is 10.6 Å². The van der Waals surface area contributed by atoms with Gasteiger partial charge in [-0.2, -0.15) is 0 Å². The third-order valence-corrected chi connectivity index (χ3v) is 3.47. The second-order valence-electron chi connectivity index (χ2n) is 5.15. The molecule has 1 aromatic carbocycles. The van der Waals surface area contributed by atoms with E-state index in [9.17, 15) is 9.59 Å². The predicted molar refractivity (Wildman–Crippen MR) is 81.1 cm³/mol. The molecule has 2 rings (SSSR count). The van der Waals surface area contributed by atoms with E-state index >= 15 is 0 Å². The molecule has 6 nitrogen and oxygen atoms in total. The van der Waals surface area contributed by atoms with Crippen molar-refractivity contribution in [2.45, 2.75) is 31.7 Å². The van der Waals surface area contributed by atoms with E-state index in [0.717, 1.165) is 17.7 Å². The number of amides is 2. The van der Waals surface area contributed by atoms with Crippen LogP contribution in [0, 0.1) is 0 Å². The van der Waals surface area contributed by atoms with Gasteiger partial charge in [-0.3, -0.25) is 9.59 Å². The van der Waals surface area contributed by atoms with Crippen LogP contribution in [0.15, 0.2) is 18.2 Å². The van der Waals surface area contributed by atoms with E-state index in [0.29, 0.717) is 31.6 Å². The summed E-state index contributed by atoms with van der Waals surface area (Å²) < 4.78 is 4.94. The van der Waals surface area contributed by atoms with Crippen LogP contribution >= 0.6 is 0 Å². The largest absolute Gasteiger partial charge is 0.385 e. The van der Waals surface area contributed by atoms with Crippen molar-refractivity contribution in [1.29, 1.82) is 0 Å². The number of carbonyl (C=O) groups is 2. The highest BCUT2D eigenvalue weighted by molar-refractivity contribution is 5.97. The topological polar surface area (TPSA) is 93.4 Å². The van der Waals surface area contributed by atoms with Crippen molar-refractivity contribution in [2.24, 2.45) is 5.73 Å². The molecule has 4 N–H and O–H groups in total. The quantitative estimate of drug-likeness (QED) is 0.688. The van der Waals surface area contributed by atoms with E-state index in [-0.39, 0.29) is 11.8 Å². The fraction of sp³-hybridized carbons (Fsp3) is 0.467. The molecule has 0 aromatic heterocycles. The van der Waals surface area contributed by atoms with Crippen LogP contribution in [-0.4, -0.2) is 31.6 Å². The molecule has 2 amide bonds. The fourth-order valence-electron chi connectivity index (χ4n) is 2.27. The first-order chi connectivity index (χ1) is 10.1. The summed E-state index contributed by atoms with van der Waals surface area (Å²) >= 11 is 0. The Hall–Kier alpha value is -1.92. The SMILES string of the molecule is COCCCC(N)C(=O)Nc1ccc2c(c1)CCC(=O)N2. The van der Waals surface area contributed by atoms with E-state index in [1.807, 2.05) is 6.07 Å². The monoisotopic (exact) mass is 291 g/mol. The molecular weight excluding hydrogens is 270 g/mol. The minimum absolute atomic E-state index is 0.0273. The molecule has 1 atom stereocenters. The summed E-state index contributed by atoms with van der Waals surface area (Å²) in [5.74, 6) is -0.176. The molecule has 1 aliphatic heterocycles. The summed E-state index contributed by atoms with van der Waals surface area (Å²) in [4.78, 5) is 23.3. The molecule has 1 unspecified atom stereocenters. The summed E-state index contributed by atoms with van der Waals surface area (Å²) in [5, 5.41) is 5.62. The molecule has 0 radical (unpaired) electrons. The van der Waals surface area contributed by atoms with Gasteiger partial charge in [0.15, 0.2) is 0 Å². The van der Waals surface area contributed by atoms with Crippen LogP contribution in [0.4, 0.5) is 11.4 Å². The maximum atomic E-state index is 12.0. The zero-order valence-corrected chi connectivity index (χ0v) is 12.1. The van der Waals surface area contributed by atoms with Gasteiger partial charge in [0.1, 0.15) is 0 Å². The number of nitrogens with one attached hydrogen (secondary N) is 2.